The Balaban J connectivity index is 3.25. The quantitative estimate of drug-likeness (QED) is 0.299. The highest BCUT2D eigenvalue weighted by Gasteiger charge is 1.95. The number of ether oxygens (including phenoxy) is 1. The van der Waals surface area contributed by atoms with E-state index in [4.69, 9.17) is 14.7 Å². The van der Waals surface area contributed by atoms with E-state index in [9.17, 15) is 0 Å². The molecule has 0 rings (SSSR count). The number of nitrogens with zero attached hydrogens (tertiary/aromatic N) is 1. The number of hydrogen-bond acceptors (Lipinski definition) is 4. The van der Waals surface area contributed by atoms with E-state index >= 15 is 0 Å². The molecule has 0 fully saturated rings. The summed E-state index contributed by atoms with van der Waals surface area (Å²) < 4.78 is 5.07. The molecule has 0 atom stereocenters. The average molecular weight is 273 g/mol. The zero-order valence-electron chi connectivity index (χ0n) is 12.7. The third-order valence-corrected chi connectivity index (χ3v) is 2.92. The summed E-state index contributed by atoms with van der Waals surface area (Å²) in [6.45, 7) is 5.61. The molecule has 0 bridgehead atoms. The molecule has 0 saturated carbocycles. The molecule has 0 spiro atoms. The van der Waals surface area contributed by atoms with Crippen LogP contribution in [0, 0.1) is 0 Å². The number of aliphatic hydroxyl groups excluding tert-OH is 1. The van der Waals surface area contributed by atoms with Gasteiger partial charge in [0.1, 0.15) is 6.61 Å². The van der Waals surface area contributed by atoms with Gasteiger partial charge in [-0.05, 0) is 19.8 Å². The molecule has 0 aromatic rings. The molecule has 0 heterocycles. The monoisotopic (exact) mass is 273 g/mol. The van der Waals surface area contributed by atoms with Gasteiger partial charge in [-0.25, -0.2) is 0 Å². The van der Waals surface area contributed by atoms with Gasteiger partial charge in [0.15, 0.2) is 0 Å². The SMILES string of the molecule is CCCCCCCCC/C(C)=N/OCCOCCO. The molecule has 0 aliphatic carbocycles. The van der Waals surface area contributed by atoms with Crippen molar-refractivity contribution in [2.75, 3.05) is 26.4 Å². The fourth-order valence-electron chi connectivity index (χ4n) is 1.80. The Labute approximate surface area is 118 Å². The molecule has 0 aromatic carbocycles. The maximum Gasteiger partial charge on any atom is 0.140 e. The van der Waals surface area contributed by atoms with Crippen LogP contribution in [0.5, 0.6) is 0 Å². The van der Waals surface area contributed by atoms with Gasteiger partial charge in [-0.2, -0.15) is 0 Å². The third kappa shape index (κ3) is 15.3. The first-order chi connectivity index (χ1) is 9.31. The maximum absolute atomic E-state index is 8.51. The van der Waals surface area contributed by atoms with Gasteiger partial charge in [-0.15, -0.1) is 0 Å². The lowest BCUT2D eigenvalue weighted by Gasteiger charge is -2.03. The highest BCUT2D eigenvalue weighted by atomic mass is 16.6. The molecule has 1 N–H and O–H groups in total. The number of oxime groups is 1. The second-order valence-corrected chi connectivity index (χ2v) is 4.87. The van der Waals surface area contributed by atoms with Gasteiger partial charge < -0.3 is 14.7 Å². The number of unbranched alkanes of at least 4 members (excludes halogenated alkanes) is 6. The molecule has 0 aliphatic heterocycles. The summed E-state index contributed by atoms with van der Waals surface area (Å²) in [6.07, 6.45) is 10.3. The highest BCUT2D eigenvalue weighted by molar-refractivity contribution is 5.81. The van der Waals surface area contributed by atoms with Crippen LogP contribution in [-0.4, -0.2) is 37.2 Å². The van der Waals surface area contributed by atoms with E-state index in [1.807, 2.05) is 6.92 Å². The lowest BCUT2D eigenvalue weighted by molar-refractivity contribution is 0.0350. The van der Waals surface area contributed by atoms with Gasteiger partial charge in [0.25, 0.3) is 0 Å². The summed E-state index contributed by atoms with van der Waals surface area (Å²) >= 11 is 0. The summed E-state index contributed by atoms with van der Waals surface area (Å²) in [6, 6.07) is 0. The summed E-state index contributed by atoms with van der Waals surface area (Å²) in [4.78, 5) is 5.13. The highest BCUT2D eigenvalue weighted by Crippen LogP contribution is 2.08. The van der Waals surface area contributed by atoms with Crippen LogP contribution in [0.25, 0.3) is 0 Å². The van der Waals surface area contributed by atoms with E-state index in [1.54, 1.807) is 0 Å². The standard InChI is InChI=1S/C15H31NO3/c1-3-4-5-6-7-8-9-10-15(2)16-19-14-13-18-12-11-17/h17H,3-14H2,1-2H3/b16-15+. The Morgan fingerprint density at radius 3 is 2.32 bits per heavy atom. The average Bonchev–Trinajstić information content (AvgIpc) is 2.41. The summed E-state index contributed by atoms with van der Waals surface area (Å²) in [7, 11) is 0. The molecule has 114 valence electrons. The summed E-state index contributed by atoms with van der Waals surface area (Å²) in [5.74, 6) is 0. The van der Waals surface area contributed by atoms with Crippen LogP contribution in [0.1, 0.15) is 65.2 Å². The minimum absolute atomic E-state index is 0.0561. The molecule has 0 amide bonds. The largest absolute Gasteiger partial charge is 0.394 e. The fourth-order valence-corrected chi connectivity index (χ4v) is 1.80. The predicted octanol–water partition coefficient (Wildman–Crippen LogP) is 3.53. The number of hydrogen-bond donors (Lipinski definition) is 1. The van der Waals surface area contributed by atoms with Gasteiger partial charge in [-0.3, -0.25) is 0 Å². The minimum Gasteiger partial charge on any atom is -0.394 e. The zero-order valence-corrected chi connectivity index (χ0v) is 12.7. The Morgan fingerprint density at radius 2 is 1.63 bits per heavy atom. The van der Waals surface area contributed by atoms with E-state index < -0.39 is 0 Å². The van der Waals surface area contributed by atoms with Gasteiger partial charge in [-0.1, -0.05) is 50.6 Å². The molecule has 0 saturated heterocycles. The van der Waals surface area contributed by atoms with Crippen LogP contribution < -0.4 is 0 Å². The summed E-state index contributed by atoms with van der Waals surface area (Å²) in [5, 5.41) is 12.5. The van der Waals surface area contributed by atoms with Crippen molar-refractivity contribution in [3.63, 3.8) is 0 Å². The summed E-state index contributed by atoms with van der Waals surface area (Å²) in [5.41, 5.74) is 1.05. The van der Waals surface area contributed by atoms with E-state index in [0.717, 1.165) is 12.1 Å². The molecule has 4 nitrogen and oxygen atoms in total. The lowest BCUT2D eigenvalue weighted by atomic mass is 10.1. The van der Waals surface area contributed by atoms with E-state index in [-0.39, 0.29) is 6.61 Å². The van der Waals surface area contributed by atoms with Crippen LogP contribution >= 0.6 is 0 Å². The predicted molar refractivity (Wildman–Crippen MR) is 79.6 cm³/mol. The minimum atomic E-state index is 0.0561. The van der Waals surface area contributed by atoms with E-state index in [1.165, 1.54) is 44.9 Å². The van der Waals surface area contributed by atoms with Crippen molar-refractivity contribution in [3.8, 4) is 0 Å². The Hall–Kier alpha value is -0.610. The van der Waals surface area contributed by atoms with Gasteiger partial charge >= 0.3 is 0 Å². The third-order valence-electron chi connectivity index (χ3n) is 2.92. The van der Waals surface area contributed by atoms with Crippen molar-refractivity contribution in [3.05, 3.63) is 0 Å². The number of rotatable bonds is 14. The van der Waals surface area contributed by atoms with Gasteiger partial charge in [0.05, 0.1) is 25.5 Å². The van der Waals surface area contributed by atoms with Crippen molar-refractivity contribution in [2.45, 2.75) is 65.2 Å². The van der Waals surface area contributed by atoms with Gasteiger partial charge in [0.2, 0.25) is 0 Å². The Kier molecular flexibility index (Phi) is 15.0. The van der Waals surface area contributed by atoms with Crippen molar-refractivity contribution in [1.29, 1.82) is 0 Å². The zero-order chi connectivity index (χ0) is 14.2. The van der Waals surface area contributed by atoms with Crippen LogP contribution in [0.15, 0.2) is 5.16 Å². The van der Waals surface area contributed by atoms with Crippen molar-refractivity contribution in [1.82, 2.24) is 0 Å². The van der Waals surface area contributed by atoms with Crippen molar-refractivity contribution in [2.24, 2.45) is 5.16 Å². The fraction of sp³-hybridized carbons (Fsp3) is 0.933. The molecular weight excluding hydrogens is 242 g/mol. The Morgan fingerprint density at radius 1 is 0.947 bits per heavy atom. The first-order valence-corrected chi connectivity index (χ1v) is 7.65. The smallest absolute Gasteiger partial charge is 0.140 e. The molecule has 19 heavy (non-hydrogen) atoms. The second kappa shape index (κ2) is 15.4. The molecule has 0 radical (unpaired) electrons. The Bertz CT molecular complexity index is 208. The molecule has 4 heteroatoms. The second-order valence-electron chi connectivity index (χ2n) is 4.87. The van der Waals surface area contributed by atoms with Crippen molar-refractivity contribution < 1.29 is 14.7 Å². The van der Waals surface area contributed by atoms with Crippen LogP contribution in [-0.2, 0) is 9.57 Å². The van der Waals surface area contributed by atoms with Crippen LogP contribution in [0.3, 0.4) is 0 Å². The molecule has 0 aromatic heterocycles. The number of aliphatic hydroxyl groups is 1. The van der Waals surface area contributed by atoms with Gasteiger partial charge in [0, 0.05) is 0 Å². The van der Waals surface area contributed by atoms with E-state index in [0.29, 0.717) is 19.8 Å². The lowest BCUT2D eigenvalue weighted by Crippen LogP contribution is -2.06. The first-order valence-electron chi connectivity index (χ1n) is 7.65. The molecule has 0 aliphatic rings. The van der Waals surface area contributed by atoms with Crippen LogP contribution in [0.2, 0.25) is 0 Å². The normalized spacial score (nSPS) is 11.8. The topological polar surface area (TPSA) is 51.0 Å². The van der Waals surface area contributed by atoms with Crippen molar-refractivity contribution >= 4 is 5.71 Å². The maximum atomic E-state index is 8.51. The van der Waals surface area contributed by atoms with Crippen LogP contribution in [0.4, 0.5) is 0 Å². The molecular formula is C15H31NO3. The van der Waals surface area contributed by atoms with E-state index in [2.05, 4.69) is 12.1 Å². The first kappa shape index (κ1) is 18.4. The molecule has 0 unspecified atom stereocenters.